The highest BCUT2D eigenvalue weighted by Crippen LogP contribution is 2.27. The SMILES string of the molecule is CCC(CC)C1CC(Nc2nc(COC)ns2)CCO1. The zero-order valence-corrected chi connectivity index (χ0v) is 13.4. The van der Waals surface area contributed by atoms with E-state index in [1.165, 1.54) is 24.4 Å². The predicted molar refractivity (Wildman–Crippen MR) is 81.1 cm³/mol. The fraction of sp³-hybridized carbons (Fsp3) is 0.857. The maximum Gasteiger partial charge on any atom is 0.202 e. The average molecular weight is 299 g/mol. The van der Waals surface area contributed by atoms with Gasteiger partial charge in [0.05, 0.1) is 6.10 Å². The first-order valence-electron chi connectivity index (χ1n) is 7.46. The summed E-state index contributed by atoms with van der Waals surface area (Å²) in [6, 6.07) is 0.442. The van der Waals surface area contributed by atoms with Gasteiger partial charge in [-0.2, -0.15) is 4.37 Å². The lowest BCUT2D eigenvalue weighted by Gasteiger charge is -2.34. The Hall–Kier alpha value is -0.720. The first kappa shape index (κ1) is 15.7. The molecule has 2 heterocycles. The summed E-state index contributed by atoms with van der Waals surface area (Å²) in [6.07, 6.45) is 4.85. The number of methoxy groups -OCH3 is 1. The van der Waals surface area contributed by atoms with E-state index >= 15 is 0 Å². The minimum absolute atomic E-state index is 0.377. The molecule has 1 aliphatic heterocycles. The molecule has 2 rings (SSSR count). The molecule has 0 radical (unpaired) electrons. The monoisotopic (exact) mass is 299 g/mol. The molecule has 0 spiro atoms. The van der Waals surface area contributed by atoms with E-state index < -0.39 is 0 Å². The van der Waals surface area contributed by atoms with Crippen LogP contribution in [0.5, 0.6) is 0 Å². The van der Waals surface area contributed by atoms with Crippen LogP contribution in [-0.4, -0.2) is 35.2 Å². The Balaban J connectivity index is 1.88. The smallest absolute Gasteiger partial charge is 0.202 e. The largest absolute Gasteiger partial charge is 0.378 e. The molecule has 1 aromatic heterocycles. The minimum atomic E-state index is 0.377. The van der Waals surface area contributed by atoms with Crippen molar-refractivity contribution in [1.29, 1.82) is 0 Å². The molecular formula is C14H25N3O2S. The van der Waals surface area contributed by atoms with Crippen LogP contribution in [0.4, 0.5) is 5.13 Å². The Morgan fingerprint density at radius 1 is 1.45 bits per heavy atom. The van der Waals surface area contributed by atoms with Crippen LogP contribution in [-0.2, 0) is 16.1 Å². The van der Waals surface area contributed by atoms with Crippen LogP contribution < -0.4 is 5.32 Å². The van der Waals surface area contributed by atoms with Gasteiger partial charge in [-0.1, -0.05) is 26.7 Å². The summed E-state index contributed by atoms with van der Waals surface area (Å²) in [5.74, 6) is 1.42. The lowest BCUT2D eigenvalue weighted by molar-refractivity contribution is -0.0271. The van der Waals surface area contributed by atoms with Gasteiger partial charge in [-0.3, -0.25) is 0 Å². The number of hydrogen-bond acceptors (Lipinski definition) is 6. The van der Waals surface area contributed by atoms with Crippen molar-refractivity contribution in [3.63, 3.8) is 0 Å². The zero-order valence-electron chi connectivity index (χ0n) is 12.6. The number of nitrogens with one attached hydrogen (secondary N) is 1. The summed E-state index contributed by atoms with van der Waals surface area (Å²) in [5.41, 5.74) is 0. The van der Waals surface area contributed by atoms with Crippen LogP contribution >= 0.6 is 11.5 Å². The minimum Gasteiger partial charge on any atom is -0.378 e. The van der Waals surface area contributed by atoms with E-state index in [9.17, 15) is 0 Å². The van der Waals surface area contributed by atoms with Crippen molar-refractivity contribution in [3.05, 3.63) is 5.82 Å². The van der Waals surface area contributed by atoms with E-state index in [1.54, 1.807) is 7.11 Å². The summed E-state index contributed by atoms with van der Waals surface area (Å²) in [6.45, 7) is 5.80. The van der Waals surface area contributed by atoms with Gasteiger partial charge >= 0.3 is 0 Å². The van der Waals surface area contributed by atoms with Crippen molar-refractivity contribution in [2.24, 2.45) is 5.92 Å². The number of ether oxygens (including phenoxy) is 2. The number of anilines is 1. The molecule has 6 heteroatoms. The van der Waals surface area contributed by atoms with Crippen LogP contribution in [0.1, 0.15) is 45.4 Å². The standard InChI is InChI=1S/C14H25N3O2S/c1-4-10(5-2)12-8-11(6-7-19-12)15-14-16-13(9-18-3)17-20-14/h10-12H,4-9H2,1-3H3,(H,15,16,17). The number of hydrogen-bond donors (Lipinski definition) is 1. The first-order valence-corrected chi connectivity index (χ1v) is 8.23. The first-order chi connectivity index (χ1) is 9.76. The predicted octanol–water partition coefficient (Wildman–Crippen LogP) is 3.08. The second-order valence-electron chi connectivity index (χ2n) is 5.30. The van der Waals surface area contributed by atoms with E-state index in [4.69, 9.17) is 9.47 Å². The Morgan fingerprint density at radius 2 is 2.25 bits per heavy atom. The molecular weight excluding hydrogens is 274 g/mol. The highest BCUT2D eigenvalue weighted by molar-refractivity contribution is 7.09. The summed E-state index contributed by atoms with van der Waals surface area (Å²) in [7, 11) is 1.66. The van der Waals surface area contributed by atoms with Crippen LogP contribution in [0, 0.1) is 5.92 Å². The third-order valence-electron chi connectivity index (χ3n) is 3.96. The quantitative estimate of drug-likeness (QED) is 0.838. The summed E-state index contributed by atoms with van der Waals surface area (Å²) in [4.78, 5) is 4.43. The van der Waals surface area contributed by atoms with Gasteiger partial charge < -0.3 is 14.8 Å². The number of nitrogens with zero attached hydrogens (tertiary/aromatic N) is 2. The van der Waals surface area contributed by atoms with Gasteiger partial charge in [0.2, 0.25) is 5.13 Å². The van der Waals surface area contributed by atoms with Gasteiger partial charge in [0, 0.05) is 31.3 Å². The maximum atomic E-state index is 5.94. The second-order valence-corrected chi connectivity index (χ2v) is 6.05. The summed E-state index contributed by atoms with van der Waals surface area (Å²) in [5, 5.41) is 4.40. The molecule has 114 valence electrons. The molecule has 20 heavy (non-hydrogen) atoms. The molecule has 1 aliphatic rings. The van der Waals surface area contributed by atoms with Crippen LogP contribution in [0.25, 0.3) is 0 Å². The fourth-order valence-electron chi connectivity index (χ4n) is 2.78. The molecule has 1 N–H and O–H groups in total. The van der Waals surface area contributed by atoms with Crippen molar-refractivity contribution in [2.75, 3.05) is 19.0 Å². The Kier molecular flexibility index (Phi) is 6.19. The van der Waals surface area contributed by atoms with Crippen molar-refractivity contribution in [3.8, 4) is 0 Å². The molecule has 2 atom stereocenters. The van der Waals surface area contributed by atoms with E-state index in [-0.39, 0.29) is 0 Å². The fourth-order valence-corrected chi connectivity index (χ4v) is 3.43. The molecule has 5 nitrogen and oxygen atoms in total. The molecule has 2 unspecified atom stereocenters. The van der Waals surface area contributed by atoms with Crippen LogP contribution in [0.15, 0.2) is 0 Å². The number of rotatable bonds is 7. The maximum absolute atomic E-state index is 5.94. The molecule has 0 saturated carbocycles. The van der Waals surface area contributed by atoms with E-state index in [0.717, 1.165) is 30.4 Å². The van der Waals surface area contributed by atoms with E-state index in [2.05, 4.69) is 28.5 Å². The highest BCUT2D eigenvalue weighted by atomic mass is 32.1. The van der Waals surface area contributed by atoms with Gasteiger partial charge in [-0.05, 0) is 18.8 Å². The van der Waals surface area contributed by atoms with Gasteiger partial charge in [0.15, 0.2) is 5.82 Å². The van der Waals surface area contributed by atoms with E-state index in [1.807, 2.05) is 0 Å². The molecule has 0 bridgehead atoms. The van der Waals surface area contributed by atoms with Crippen molar-refractivity contribution >= 4 is 16.7 Å². The van der Waals surface area contributed by atoms with Crippen molar-refractivity contribution in [2.45, 2.75) is 58.3 Å². The van der Waals surface area contributed by atoms with Crippen molar-refractivity contribution in [1.82, 2.24) is 9.36 Å². The molecule has 0 aliphatic carbocycles. The lowest BCUT2D eigenvalue weighted by Crippen LogP contribution is -2.37. The van der Waals surface area contributed by atoms with Gasteiger partial charge in [0.1, 0.15) is 6.61 Å². The van der Waals surface area contributed by atoms with Gasteiger partial charge in [-0.15, -0.1) is 0 Å². The van der Waals surface area contributed by atoms with E-state index in [0.29, 0.717) is 24.7 Å². The normalized spacial score (nSPS) is 23.2. The average Bonchev–Trinajstić information content (AvgIpc) is 2.88. The second kappa shape index (κ2) is 7.90. The van der Waals surface area contributed by atoms with Crippen molar-refractivity contribution < 1.29 is 9.47 Å². The van der Waals surface area contributed by atoms with Gasteiger partial charge in [0.25, 0.3) is 0 Å². The molecule has 0 aromatic carbocycles. The molecule has 0 amide bonds. The van der Waals surface area contributed by atoms with Gasteiger partial charge in [-0.25, -0.2) is 4.98 Å². The van der Waals surface area contributed by atoms with Crippen LogP contribution in [0.2, 0.25) is 0 Å². The Bertz CT molecular complexity index is 396. The molecule has 1 saturated heterocycles. The summed E-state index contributed by atoms with van der Waals surface area (Å²) < 4.78 is 15.3. The summed E-state index contributed by atoms with van der Waals surface area (Å²) >= 11 is 1.41. The Morgan fingerprint density at radius 3 is 2.95 bits per heavy atom. The lowest BCUT2D eigenvalue weighted by atomic mass is 9.89. The van der Waals surface area contributed by atoms with Crippen LogP contribution in [0.3, 0.4) is 0 Å². The number of aromatic nitrogens is 2. The highest BCUT2D eigenvalue weighted by Gasteiger charge is 2.28. The Labute approximate surface area is 125 Å². The third-order valence-corrected chi connectivity index (χ3v) is 4.64. The zero-order chi connectivity index (χ0) is 14.4. The third kappa shape index (κ3) is 4.14. The molecule has 1 fully saturated rings. The molecule has 1 aromatic rings. The topological polar surface area (TPSA) is 56.3 Å².